The van der Waals surface area contributed by atoms with Crippen molar-refractivity contribution in [1.82, 2.24) is 9.97 Å². The molecule has 3 rings (SSSR count). The fourth-order valence-corrected chi connectivity index (χ4v) is 3.59. The number of aryl methyl sites for hydroxylation is 1. The standard InChI is InChI=1S/C14H16N4S2/c1-3-9-7-11-12(16-8-10-5-4-6-19-10)17-14(15-2)18-13(11)20-9/h4-7H,3,8H2,1-2H3,(H2,15,16,17,18). The Morgan fingerprint density at radius 2 is 2.15 bits per heavy atom. The smallest absolute Gasteiger partial charge is 0.225 e. The van der Waals surface area contributed by atoms with Crippen LogP contribution in [0.1, 0.15) is 16.7 Å². The summed E-state index contributed by atoms with van der Waals surface area (Å²) in [6.45, 7) is 2.96. The molecule has 3 heterocycles. The SMILES string of the molecule is CCc1cc2c(NCc3cccs3)nc(NC)nc2s1. The molecular weight excluding hydrogens is 288 g/mol. The summed E-state index contributed by atoms with van der Waals surface area (Å²) in [6, 6.07) is 6.38. The van der Waals surface area contributed by atoms with Gasteiger partial charge in [0.2, 0.25) is 5.95 Å². The molecule has 0 aromatic carbocycles. The van der Waals surface area contributed by atoms with Gasteiger partial charge in [-0.1, -0.05) is 13.0 Å². The van der Waals surface area contributed by atoms with Gasteiger partial charge in [0.1, 0.15) is 10.6 Å². The van der Waals surface area contributed by atoms with Crippen molar-refractivity contribution in [3.63, 3.8) is 0 Å². The molecular formula is C14H16N4S2. The van der Waals surface area contributed by atoms with E-state index < -0.39 is 0 Å². The molecule has 0 unspecified atom stereocenters. The van der Waals surface area contributed by atoms with E-state index in [-0.39, 0.29) is 0 Å². The van der Waals surface area contributed by atoms with E-state index in [9.17, 15) is 0 Å². The van der Waals surface area contributed by atoms with Crippen LogP contribution in [0.25, 0.3) is 10.2 Å². The van der Waals surface area contributed by atoms with E-state index in [0.29, 0.717) is 5.95 Å². The number of anilines is 2. The van der Waals surface area contributed by atoms with E-state index in [4.69, 9.17) is 0 Å². The molecule has 6 heteroatoms. The number of hydrogen-bond acceptors (Lipinski definition) is 6. The average molecular weight is 304 g/mol. The summed E-state index contributed by atoms with van der Waals surface area (Å²) in [7, 11) is 1.85. The lowest BCUT2D eigenvalue weighted by molar-refractivity contribution is 1.12. The molecule has 0 aliphatic rings. The van der Waals surface area contributed by atoms with Crippen molar-refractivity contribution in [2.24, 2.45) is 0 Å². The maximum absolute atomic E-state index is 4.54. The van der Waals surface area contributed by atoms with E-state index >= 15 is 0 Å². The summed E-state index contributed by atoms with van der Waals surface area (Å²) in [5.41, 5.74) is 0. The number of nitrogens with zero attached hydrogens (tertiary/aromatic N) is 2. The summed E-state index contributed by atoms with van der Waals surface area (Å²) in [5, 5.41) is 9.66. The van der Waals surface area contributed by atoms with Gasteiger partial charge in [-0.3, -0.25) is 0 Å². The highest BCUT2D eigenvalue weighted by Gasteiger charge is 2.10. The van der Waals surface area contributed by atoms with Crippen molar-refractivity contribution in [3.8, 4) is 0 Å². The van der Waals surface area contributed by atoms with Crippen LogP contribution in [0.15, 0.2) is 23.6 Å². The van der Waals surface area contributed by atoms with Gasteiger partial charge in [0.25, 0.3) is 0 Å². The molecule has 0 atom stereocenters. The zero-order valence-corrected chi connectivity index (χ0v) is 13.1. The molecule has 0 aliphatic carbocycles. The maximum Gasteiger partial charge on any atom is 0.225 e. The Morgan fingerprint density at radius 1 is 1.25 bits per heavy atom. The van der Waals surface area contributed by atoms with Crippen molar-refractivity contribution in [2.45, 2.75) is 19.9 Å². The largest absolute Gasteiger partial charge is 0.364 e. The van der Waals surface area contributed by atoms with E-state index in [0.717, 1.165) is 29.0 Å². The van der Waals surface area contributed by atoms with Gasteiger partial charge in [-0.15, -0.1) is 22.7 Å². The molecule has 0 amide bonds. The molecule has 0 spiro atoms. The first-order valence-corrected chi connectivity index (χ1v) is 8.24. The van der Waals surface area contributed by atoms with Gasteiger partial charge < -0.3 is 10.6 Å². The highest BCUT2D eigenvalue weighted by molar-refractivity contribution is 7.18. The number of thiophene rings is 2. The van der Waals surface area contributed by atoms with Gasteiger partial charge in [-0.25, -0.2) is 4.98 Å². The third-order valence-corrected chi connectivity index (χ3v) is 5.08. The molecule has 0 saturated heterocycles. The Bertz CT molecular complexity index is 703. The lowest BCUT2D eigenvalue weighted by Gasteiger charge is -2.07. The van der Waals surface area contributed by atoms with Crippen LogP contribution in [-0.4, -0.2) is 17.0 Å². The fourth-order valence-electron chi connectivity index (χ4n) is 1.98. The summed E-state index contributed by atoms with van der Waals surface area (Å²) in [6.07, 6.45) is 1.03. The lowest BCUT2D eigenvalue weighted by Crippen LogP contribution is -2.04. The van der Waals surface area contributed by atoms with Crippen molar-refractivity contribution in [3.05, 3.63) is 33.3 Å². The minimum Gasteiger partial charge on any atom is -0.364 e. The van der Waals surface area contributed by atoms with Crippen molar-refractivity contribution in [1.29, 1.82) is 0 Å². The maximum atomic E-state index is 4.54. The average Bonchev–Trinajstić information content (AvgIpc) is 3.12. The number of aromatic nitrogens is 2. The van der Waals surface area contributed by atoms with Gasteiger partial charge in [0.15, 0.2) is 0 Å². The van der Waals surface area contributed by atoms with Crippen LogP contribution >= 0.6 is 22.7 Å². The van der Waals surface area contributed by atoms with Gasteiger partial charge in [-0.05, 0) is 23.9 Å². The molecule has 3 aromatic rings. The molecule has 2 N–H and O–H groups in total. The summed E-state index contributed by atoms with van der Waals surface area (Å²) in [5.74, 6) is 1.57. The van der Waals surface area contributed by atoms with Gasteiger partial charge >= 0.3 is 0 Å². The van der Waals surface area contributed by atoms with Gasteiger partial charge in [0, 0.05) is 16.8 Å². The number of fused-ring (bicyclic) bond motifs is 1. The molecule has 0 saturated carbocycles. The highest BCUT2D eigenvalue weighted by Crippen LogP contribution is 2.30. The minimum atomic E-state index is 0.663. The van der Waals surface area contributed by atoms with Crippen LogP contribution < -0.4 is 10.6 Å². The Balaban J connectivity index is 1.96. The molecule has 20 heavy (non-hydrogen) atoms. The van der Waals surface area contributed by atoms with Crippen LogP contribution in [-0.2, 0) is 13.0 Å². The first-order chi connectivity index (χ1) is 9.80. The van der Waals surface area contributed by atoms with Crippen molar-refractivity contribution < 1.29 is 0 Å². The Morgan fingerprint density at radius 3 is 2.85 bits per heavy atom. The molecule has 104 valence electrons. The van der Waals surface area contributed by atoms with Crippen LogP contribution in [0.5, 0.6) is 0 Å². The Kier molecular flexibility index (Phi) is 3.84. The predicted octanol–water partition coefficient (Wildman–Crippen LogP) is 3.97. The molecule has 4 nitrogen and oxygen atoms in total. The minimum absolute atomic E-state index is 0.663. The zero-order valence-electron chi connectivity index (χ0n) is 11.4. The number of rotatable bonds is 5. The van der Waals surface area contributed by atoms with E-state index in [2.05, 4.69) is 51.1 Å². The number of hydrogen-bond donors (Lipinski definition) is 2. The quantitative estimate of drug-likeness (QED) is 0.749. The van der Waals surface area contributed by atoms with Crippen LogP contribution in [0, 0.1) is 0 Å². The first kappa shape index (κ1) is 13.3. The van der Waals surface area contributed by atoms with E-state index in [1.165, 1.54) is 9.75 Å². The van der Waals surface area contributed by atoms with Gasteiger partial charge in [0.05, 0.1) is 11.9 Å². The molecule has 0 radical (unpaired) electrons. The zero-order chi connectivity index (χ0) is 13.9. The first-order valence-electron chi connectivity index (χ1n) is 6.54. The Labute approximate surface area is 125 Å². The molecule has 0 fully saturated rings. The molecule has 0 aliphatic heterocycles. The number of nitrogens with one attached hydrogen (secondary N) is 2. The summed E-state index contributed by atoms with van der Waals surface area (Å²) >= 11 is 3.48. The summed E-state index contributed by atoms with van der Waals surface area (Å²) < 4.78 is 0. The van der Waals surface area contributed by atoms with E-state index in [1.807, 2.05) is 7.05 Å². The predicted molar refractivity (Wildman–Crippen MR) is 88.0 cm³/mol. The fraction of sp³-hybridized carbons (Fsp3) is 0.286. The van der Waals surface area contributed by atoms with Crippen molar-refractivity contribution in [2.75, 3.05) is 17.7 Å². The second-order valence-corrected chi connectivity index (χ2v) is 6.51. The summed E-state index contributed by atoms with van der Waals surface area (Å²) in [4.78, 5) is 12.7. The second-order valence-electron chi connectivity index (χ2n) is 4.36. The van der Waals surface area contributed by atoms with Crippen molar-refractivity contribution >= 4 is 44.7 Å². The lowest BCUT2D eigenvalue weighted by atomic mass is 10.3. The normalized spacial score (nSPS) is 10.9. The van der Waals surface area contributed by atoms with Gasteiger partial charge in [-0.2, -0.15) is 4.98 Å². The van der Waals surface area contributed by atoms with Crippen LogP contribution in [0.3, 0.4) is 0 Å². The third kappa shape index (κ3) is 2.62. The van der Waals surface area contributed by atoms with Crippen LogP contribution in [0.4, 0.5) is 11.8 Å². The topological polar surface area (TPSA) is 49.8 Å². The molecule has 0 bridgehead atoms. The van der Waals surface area contributed by atoms with Crippen LogP contribution in [0.2, 0.25) is 0 Å². The van der Waals surface area contributed by atoms with E-state index in [1.54, 1.807) is 22.7 Å². The highest BCUT2D eigenvalue weighted by atomic mass is 32.1. The monoisotopic (exact) mass is 304 g/mol. The Hall–Kier alpha value is -1.66. The molecule has 3 aromatic heterocycles. The second kappa shape index (κ2) is 5.76. The third-order valence-electron chi connectivity index (χ3n) is 3.03.